The molecule has 1 fully saturated rings. The number of nitrogens with one attached hydrogen (secondary N) is 1. The average Bonchev–Trinajstić information content (AvgIpc) is 2.31. The first-order valence-electron chi connectivity index (χ1n) is 6.01. The average molecular weight is 252 g/mol. The highest BCUT2D eigenvalue weighted by Crippen LogP contribution is 2.14. The number of anilines is 1. The summed E-state index contributed by atoms with van der Waals surface area (Å²) >= 11 is 0. The third kappa shape index (κ3) is 3.20. The zero-order chi connectivity index (χ0) is 13.1. The molecule has 5 heteroatoms. The topological polar surface area (TPSA) is 41.6 Å². The fourth-order valence-electron chi connectivity index (χ4n) is 2.08. The van der Waals surface area contributed by atoms with Crippen molar-refractivity contribution in [3.63, 3.8) is 0 Å². The molecule has 1 heterocycles. The van der Waals surface area contributed by atoms with Gasteiger partial charge in [-0.2, -0.15) is 0 Å². The van der Waals surface area contributed by atoms with Gasteiger partial charge in [-0.3, -0.25) is 0 Å². The largest absolute Gasteiger partial charge is 0.372 e. The molecule has 0 bridgehead atoms. The third-order valence-electron chi connectivity index (χ3n) is 2.80. The zero-order valence-corrected chi connectivity index (χ0v) is 10.5. The van der Waals surface area contributed by atoms with E-state index in [4.69, 9.17) is 4.74 Å². The number of halogens is 1. The van der Waals surface area contributed by atoms with Crippen LogP contribution in [0.3, 0.4) is 0 Å². The molecule has 0 radical (unpaired) electrons. The van der Waals surface area contributed by atoms with E-state index in [1.165, 1.54) is 12.1 Å². The summed E-state index contributed by atoms with van der Waals surface area (Å²) in [4.78, 5) is 13.7. The number of amides is 2. The highest BCUT2D eigenvalue weighted by Gasteiger charge is 2.25. The maximum atomic E-state index is 12.7. The van der Waals surface area contributed by atoms with Gasteiger partial charge < -0.3 is 15.0 Å². The lowest BCUT2D eigenvalue weighted by Crippen LogP contribution is -2.49. The highest BCUT2D eigenvalue weighted by atomic mass is 19.1. The van der Waals surface area contributed by atoms with Crippen molar-refractivity contribution in [2.45, 2.75) is 26.1 Å². The van der Waals surface area contributed by atoms with Crippen LogP contribution in [0.5, 0.6) is 0 Å². The molecule has 2 rings (SSSR count). The molecule has 98 valence electrons. The summed E-state index contributed by atoms with van der Waals surface area (Å²) in [7, 11) is 0. The van der Waals surface area contributed by atoms with Crippen LogP contribution in [0.4, 0.5) is 14.9 Å². The highest BCUT2D eigenvalue weighted by molar-refractivity contribution is 5.89. The van der Waals surface area contributed by atoms with Crippen molar-refractivity contribution < 1.29 is 13.9 Å². The number of hydrogen-bond donors (Lipinski definition) is 1. The van der Waals surface area contributed by atoms with Crippen LogP contribution in [0.25, 0.3) is 0 Å². The Labute approximate surface area is 106 Å². The number of carbonyl (C=O) groups excluding carboxylic acids is 1. The lowest BCUT2D eigenvalue weighted by atomic mass is 10.2. The number of rotatable bonds is 1. The molecule has 1 aromatic carbocycles. The van der Waals surface area contributed by atoms with E-state index in [0.29, 0.717) is 18.8 Å². The van der Waals surface area contributed by atoms with Gasteiger partial charge in [0.05, 0.1) is 12.2 Å². The molecule has 2 atom stereocenters. The van der Waals surface area contributed by atoms with E-state index in [1.54, 1.807) is 17.0 Å². The molecule has 4 nitrogen and oxygen atoms in total. The molecule has 2 amide bonds. The second-order valence-electron chi connectivity index (χ2n) is 4.60. The van der Waals surface area contributed by atoms with Gasteiger partial charge in [0.25, 0.3) is 0 Å². The molecule has 0 aliphatic carbocycles. The molecule has 1 aliphatic rings. The first-order valence-corrected chi connectivity index (χ1v) is 6.01. The summed E-state index contributed by atoms with van der Waals surface area (Å²) in [6, 6.07) is 5.55. The Morgan fingerprint density at radius 3 is 2.39 bits per heavy atom. The van der Waals surface area contributed by atoms with Gasteiger partial charge in [-0.1, -0.05) is 0 Å². The van der Waals surface area contributed by atoms with Gasteiger partial charge in [0.2, 0.25) is 0 Å². The normalized spacial score (nSPS) is 23.8. The number of urea groups is 1. The Balaban J connectivity index is 1.97. The van der Waals surface area contributed by atoms with E-state index in [1.807, 2.05) is 13.8 Å². The van der Waals surface area contributed by atoms with Crippen molar-refractivity contribution in [3.05, 3.63) is 30.1 Å². The van der Waals surface area contributed by atoms with Crippen LogP contribution in [0.15, 0.2) is 24.3 Å². The summed E-state index contributed by atoms with van der Waals surface area (Å²) in [6.45, 7) is 5.01. The number of carbonyl (C=O) groups is 1. The second kappa shape index (κ2) is 5.35. The molecule has 1 N–H and O–H groups in total. The summed E-state index contributed by atoms with van der Waals surface area (Å²) in [5.41, 5.74) is 0.591. The minimum atomic E-state index is -0.318. The van der Waals surface area contributed by atoms with Gasteiger partial charge in [0, 0.05) is 18.8 Å². The zero-order valence-electron chi connectivity index (χ0n) is 10.5. The summed E-state index contributed by atoms with van der Waals surface area (Å²) < 4.78 is 18.3. The molecule has 1 saturated heterocycles. The fourth-order valence-corrected chi connectivity index (χ4v) is 2.08. The van der Waals surface area contributed by atoms with Crippen molar-refractivity contribution >= 4 is 11.7 Å². The quantitative estimate of drug-likeness (QED) is 0.834. The van der Waals surface area contributed by atoms with E-state index in [-0.39, 0.29) is 24.1 Å². The second-order valence-corrected chi connectivity index (χ2v) is 4.60. The smallest absolute Gasteiger partial charge is 0.322 e. The summed E-state index contributed by atoms with van der Waals surface area (Å²) in [5.74, 6) is -0.318. The molecule has 0 saturated carbocycles. The van der Waals surface area contributed by atoms with E-state index >= 15 is 0 Å². The van der Waals surface area contributed by atoms with Gasteiger partial charge in [-0.25, -0.2) is 9.18 Å². The van der Waals surface area contributed by atoms with E-state index in [0.717, 1.165) is 0 Å². The molecule has 0 spiro atoms. The molecular weight excluding hydrogens is 235 g/mol. The van der Waals surface area contributed by atoms with Crippen molar-refractivity contribution in [2.24, 2.45) is 0 Å². The first-order chi connectivity index (χ1) is 8.54. The molecule has 0 aromatic heterocycles. The van der Waals surface area contributed by atoms with Crippen LogP contribution in [-0.4, -0.2) is 36.2 Å². The number of benzene rings is 1. The maximum absolute atomic E-state index is 12.7. The van der Waals surface area contributed by atoms with Crippen LogP contribution >= 0.6 is 0 Å². The van der Waals surface area contributed by atoms with Crippen LogP contribution in [0.1, 0.15) is 13.8 Å². The SMILES string of the molecule is C[C@@H]1CN(C(=O)Nc2ccc(F)cc2)C[C@H](C)O1. The minimum Gasteiger partial charge on any atom is -0.372 e. The van der Waals surface area contributed by atoms with Crippen LogP contribution < -0.4 is 5.32 Å². The lowest BCUT2D eigenvalue weighted by Gasteiger charge is -2.35. The molecule has 1 aliphatic heterocycles. The Kier molecular flexibility index (Phi) is 3.81. The van der Waals surface area contributed by atoms with Crippen LogP contribution in [-0.2, 0) is 4.74 Å². The Hall–Kier alpha value is -1.62. The van der Waals surface area contributed by atoms with Gasteiger partial charge in [0.1, 0.15) is 5.82 Å². The Morgan fingerprint density at radius 1 is 1.28 bits per heavy atom. The fraction of sp³-hybridized carbons (Fsp3) is 0.462. The Morgan fingerprint density at radius 2 is 1.83 bits per heavy atom. The van der Waals surface area contributed by atoms with Crippen LogP contribution in [0.2, 0.25) is 0 Å². The van der Waals surface area contributed by atoms with Gasteiger partial charge in [0.15, 0.2) is 0 Å². The summed E-state index contributed by atoms with van der Waals surface area (Å²) in [5, 5.41) is 2.74. The number of hydrogen-bond acceptors (Lipinski definition) is 2. The van der Waals surface area contributed by atoms with E-state index in [9.17, 15) is 9.18 Å². The Bertz CT molecular complexity index is 412. The standard InChI is InChI=1S/C13H17FN2O2/c1-9-7-16(8-10(2)18-9)13(17)15-12-5-3-11(14)4-6-12/h3-6,9-10H,7-8H2,1-2H3,(H,15,17)/t9-,10+. The van der Waals surface area contributed by atoms with Gasteiger partial charge in [-0.15, -0.1) is 0 Å². The first kappa shape index (κ1) is 12.8. The van der Waals surface area contributed by atoms with Crippen molar-refractivity contribution in [2.75, 3.05) is 18.4 Å². The van der Waals surface area contributed by atoms with E-state index in [2.05, 4.69) is 5.32 Å². The lowest BCUT2D eigenvalue weighted by molar-refractivity contribution is -0.0530. The van der Waals surface area contributed by atoms with Gasteiger partial charge >= 0.3 is 6.03 Å². The van der Waals surface area contributed by atoms with Crippen molar-refractivity contribution in [1.29, 1.82) is 0 Å². The molecule has 1 aromatic rings. The number of ether oxygens (including phenoxy) is 1. The van der Waals surface area contributed by atoms with Gasteiger partial charge in [-0.05, 0) is 38.1 Å². The molecule has 18 heavy (non-hydrogen) atoms. The number of morpholine rings is 1. The van der Waals surface area contributed by atoms with E-state index < -0.39 is 0 Å². The molecular formula is C13H17FN2O2. The summed E-state index contributed by atoms with van der Waals surface area (Å²) in [6.07, 6.45) is 0.0698. The predicted octanol–water partition coefficient (Wildman–Crippen LogP) is 2.47. The van der Waals surface area contributed by atoms with Crippen LogP contribution in [0, 0.1) is 5.82 Å². The monoisotopic (exact) mass is 252 g/mol. The van der Waals surface area contributed by atoms with Crippen molar-refractivity contribution in [3.8, 4) is 0 Å². The minimum absolute atomic E-state index is 0.0349. The predicted molar refractivity (Wildman–Crippen MR) is 67.0 cm³/mol. The molecule has 0 unspecified atom stereocenters. The third-order valence-corrected chi connectivity index (χ3v) is 2.80. The number of nitrogens with zero attached hydrogens (tertiary/aromatic N) is 1. The maximum Gasteiger partial charge on any atom is 0.322 e. The van der Waals surface area contributed by atoms with Crippen molar-refractivity contribution in [1.82, 2.24) is 4.90 Å².